The van der Waals surface area contributed by atoms with Gasteiger partial charge in [0.1, 0.15) is 6.10 Å². The van der Waals surface area contributed by atoms with E-state index in [0.29, 0.717) is 23.5 Å². The number of ketones is 1. The molecule has 0 bridgehead atoms. The summed E-state index contributed by atoms with van der Waals surface area (Å²) < 4.78 is 5.56. The lowest BCUT2D eigenvalue weighted by molar-refractivity contribution is -0.148. The Morgan fingerprint density at radius 1 is 1.03 bits per heavy atom. The quantitative estimate of drug-likeness (QED) is 0.329. The first-order valence-corrected chi connectivity index (χ1v) is 12.0. The van der Waals surface area contributed by atoms with Crippen LogP contribution >= 0.6 is 0 Å². The molecule has 0 spiro atoms. The van der Waals surface area contributed by atoms with Crippen molar-refractivity contribution in [3.63, 3.8) is 0 Å². The van der Waals surface area contributed by atoms with Gasteiger partial charge < -0.3 is 4.74 Å². The van der Waals surface area contributed by atoms with Gasteiger partial charge in [-0.1, -0.05) is 55.8 Å². The molecule has 0 aliphatic heterocycles. The third kappa shape index (κ3) is 3.32. The molecule has 1 aromatic carbocycles. The lowest BCUT2D eigenvalue weighted by atomic mass is 9.48. The van der Waals surface area contributed by atoms with Crippen LogP contribution in [-0.2, 0) is 14.3 Å². The summed E-state index contributed by atoms with van der Waals surface area (Å²) in [6.07, 6.45) is 11.7. The van der Waals surface area contributed by atoms with Crippen LogP contribution in [0.1, 0.15) is 71.3 Å². The summed E-state index contributed by atoms with van der Waals surface area (Å²) in [6.45, 7) is 6.19. The second-order valence-corrected chi connectivity index (χ2v) is 10.8. The van der Waals surface area contributed by atoms with E-state index in [2.05, 4.69) is 38.1 Å². The standard InChI is InChI=1S/C28H34O3/c1-18(29)31-22-11-13-27(2)21(17-22)9-10-23-24(27)12-14-28(3)25(23)16-20(26(28)30)15-19-7-5-4-6-8-19/h4-9,15,22-25H,10-14,16-17H2,1-3H3/b20-15+/t22-,23-,24+,25+,27-,28-/m0/s1. The SMILES string of the molecule is CC(=O)O[C@H]1CC[C@@]2(C)C(=CC[C@H]3[C@H]2CC[C@]2(C)C(=O)/C(=C/c4ccccc4)C[C@H]32)C1. The molecule has 0 radical (unpaired) electrons. The summed E-state index contributed by atoms with van der Waals surface area (Å²) in [7, 11) is 0. The van der Waals surface area contributed by atoms with Crippen molar-refractivity contribution in [2.24, 2.45) is 28.6 Å². The summed E-state index contributed by atoms with van der Waals surface area (Å²) >= 11 is 0. The minimum absolute atomic E-state index is 0.0377. The molecule has 3 nitrogen and oxygen atoms in total. The van der Waals surface area contributed by atoms with Gasteiger partial charge in [0.05, 0.1) is 0 Å². The van der Waals surface area contributed by atoms with Crippen LogP contribution < -0.4 is 0 Å². The number of esters is 1. The first-order valence-electron chi connectivity index (χ1n) is 12.0. The van der Waals surface area contributed by atoms with Gasteiger partial charge in [0.15, 0.2) is 5.78 Å². The Labute approximate surface area is 185 Å². The molecule has 3 saturated carbocycles. The Morgan fingerprint density at radius 2 is 1.77 bits per heavy atom. The highest BCUT2D eigenvalue weighted by Crippen LogP contribution is 2.64. The predicted octanol–water partition coefficient (Wildman–Crippen LogP) is 6.14. The smallest absolute Gasteiger partial charge is 0.302 e. The van der Waals surface area contributed by atoms with E-state index in [1.807, 2.05) is 18.2 Å². The topological polar surface area (TPSA) is 43.4 Å². The molecule has 0 unspecified atom stereocenters. The predicted molar refractivity (Wildman–Crippen MR) is 122 cm³/mol. The van der Waals surface area contributed by atoms with Crippen LogP contribution in [-0.4, -0.2) is 17.9 Å². The number of allylic oxidation sites excluding steroid dienone is 2. The van der Waals surface area contributed by atoms with Gasteiger partial charge in [-0.3, -0.25) is 9.59 Å². The highest BCUT2D eigenvalue weighted by atomic mass is 16.5. The molecule has 4 aliphatic carbocycles. The van der Waals surface area contributed by atoms with E-state index < -0.39 is 0 Å². The number of Topliss-reactive ketones (excluding diaryl/α,β-unsaturated/α-hetero) is 1. The van der Waals surface area contributed by atoms with Crippen molar-refractivity contribution in [1.29, 1.82) is 0 Å². The van der Waals surface area contributed by atoms with Crippen molar-refractivity contribution in [1.82, 2.24) is 0 Å². The van der Waals surface area contributed by atoms with Gasteiger partial charge in [0.25, 0.3) is 0 Å². The maximum Gasteiger partial charge on any atom is 0.302 e. The van der Waals surface area contributed by atoms with Crippen molar-refractivity contribution < 1.29 is 14.3 Å². The first-order chi connectivity index (χ1) is 14.8. The summed E-state index contributed by atoms with van der Waals surface area (Å²) in [5.41, 5.74) is 3.64. The van der Waals surface area contributed by atoms with E-state index in [9.17, 15) is 9.59 Å². The van der Waals surface area contributed by atoms with Crippen LogP contribution in [0.2, 0.25) is 0 Å². The van der Waals surface area contributed by atoms with Crippen molar-refractivity contribution in [2.45, 2.75) is 71.8 Å². The summed E-state index contributed by atoms with van der Waals surface area (Å²) in [5.74, 6) is 1.86. The molecular formula is C28H34O3. The van der Waals surface area contributed by atoms with E-state index in [-0.39, 0.29) is 22.9 Å². The average Bonchev–Trinajstić information content (AvgIpc) is 2.99. The Bertz CT molecular complexity index is 958. The van der Waals surface area contributed by atoms with Gasteiger partial charge in [-0.15, -0.1) is 0 Å². The molecule has 0 heterocycles. The monoisotopic (exact) mass is 418 g/mol. The minimum atomic E-state index is -0.210. The number of carbonyl (C=O) groups excluding carboxylic acids is 2. The second-order valence-electron chi connectivity index (χ2n) is 10.8. The third-order valence-corrected chi connectivity index (χ3v) is 9.17. The fourth-order valence-electron chi connectivity index (χ4n) is 7.51. The highest BCUT2D eigenvalue weighted by molar-refractivity contribution is 6.05. The molecule has 164 valence electrons. The van der Waals surface area contributed by atoms with Gasteiger partial charge >= 0.3 is 5.97 Å². The van der Waals surface area contributed by atoms with Crippen LogP contribution in [0, 0.1) is 28.6 Å². The van der Waals surface area contributed by atoms with Crippen LogP contribution in [0.4, 0.5) is 0 Å². The van der Waals surface area contributed by atoms with E-state index in [4.69, 9.17) is 4.74 Å². The maximum absolute atomic E-state index is 13.5. The fourth-order valence-corrected chi connectivity index (χ4v) is 7.51. The molecule has 0 amide bonds. The van der Waals surface area contributed by atoms with Gasteiger partial charge in [0.2, 0.25) is 0 Å². The molecule has 6 atom stereocenters. The zero-order valence-electron chi connectivity index (χ0n) is 19.0. The third-order valence-electron chi connectivity index (χ3n) is 9.17. The number of rotatable bonds is 2. The number of carbonyl (C=O) groups is 2. The maximum atomic E-state index is 13.5. The van der Waals surface area contributed by atoms with E-state index in [0.717, 1.165) is 56.1 Å². The molecule has 3 fully saturated rings. The molecule has 0 N–H and O–H groups in total. The van der Waals surface area contributed by atoms with E-state index >= 15 is 0 Å². The molecule has 1 aromatic rings. The van der Waals surface area contributed by atoms with Crippen molar-refractivity contribution in [3.05, 3.63) is 53.1 Å². The first kappa shape index (κ1) is 20.7. The Hall–Kier alpha value is -2.16. The van der Waals surface area contributed by atoms with Crippen LogP contribution in [0.5, 0.6) is 0 Å². The molecular weight excluding hydrogens is 384 g/mol. The molecule has 3 heteroatoms. The Kier molecular flexibility index (Phi) is 4.99. The molecule has 0 saturated heterocycles. The van der Waals surface area contributed by atoms with E-state index in [1.165, 1.54) is 12.5 Å². The van der Waals surface area contributed by atoms with Gasteiger partial charge in [0, 0.05) is 18.8 Å². The summed E-state index contributed by atoms with van der Waals surface area (Å²) in [4.78, 5) is 25.0. The van der Waals surface area contributed by atoms with E-state index in [1.54, 1.807) is 0 Å². The van der Waals surface area contributed by atoms with Crippen LogP contribution in [0.3, 0.4) is 0 Å². The number of benzene rings is 1. The largest absolute Gasteiger partial charge is 0.462 e. The summed E-state index contributed by atoms with van der Waals surface area (Å²) in [6, 6.07) is 10.3. The van der Waals surface area contributed by atoms with Gasteiger partial charge in [-0.2, -0.15) is 0 Å². The Balaban J connectivity index is 1.42. The van der Waals surface area contributed by atoms with Gasteiger partial charge in [-0.05, 0) is 78.9 Å². The molecule has 5 rings (SSSR count). The highest BCUT2D eigenvalue weighted by Gasteiger charge is 2.59. The molecule has 0 aromatic heterocycles. The zero-order valence-corrected chi connectivity index (χ0v) is 19.0. The zero-order chi connectivity index (χ0) is 21.8. The second kappa shape index (κ2) is 7.46. The summed E-state index contributed by atoms with van der Waals surface area (Å²) in [5, 5.41) is 0. The average molecular weight is 419 g/mol. The van der Waals surface area contributed by atoms with Crippen molar-refractivity contribution in [2.75, 3.05) is 0 Å². The number of hydrogen-bond acceptors (Lipinski definition) is 3. The minimum Gasteiger partial charge on any atom is -0.462 e. The fraction of sp³-hybridized carbons (Fsp3) is 0.571. The lowest BCUT2D eigenvalue weighted by Gasteiger charge is -2.56. The number of hydrogen-bond donors (Lipinski definition) is 0. The van der Waals surface area contributed by atoms with Crippen molar-refractivity contribution >= 4 is 17.8 Å². The lowest BCUT2D eigenvalue weighted by Crippen LogP contribution is -2.50. The molecule has 4 aliphatic rings. The molecule has 31 heavy (non-hydrogen) atoms. The van der Waals surface area contributed by atoms with Crippen molar-refractivity contribution in [3.8, 4) is 0 Å². The number of fused-ring (bicyclic) bond motifs is 5. The normalized spacial score (nSPS) is 40.5. The van der Waals surface area contributed by atoms with Crippen LogP contribution in [0.15, 0.2) is 47.6 Å². The van der Waals surface area contributed by atoms with Gasteiger partial charge in [-0.25, -0.2) is 0 Å². The number of ether oxygens (including phenoxy) is 1. The van der Waals surface area contributed by atoms with Crippen LogP contribution in [0.25, 0.3) is 6.08 Å². The Morgan fingerprint density at radius 3 is 2.52 bits per heavy atom.